The van der Waals surface area contributed by atoms with Crippen LogP contribution in [0.3, 0.4) is 0 Å². The van der Waals surface area contributed by atoms with Crippen LogP contribution in [0.4, 0.5) is 5.69 Å². The molecule has 0 fully saturated rings. The van der Waals surface area contributed by atoms with E-state index >= 15 is 0 Å². The number of anilines is 1. The van der Waals surface area contributed by atoms with Crippen molar-refractivity contribution >= 4 is 18.3 Å². The zero-order chi connectivity index (χ0) is 11.5. The maximum absolute atomic E-state index is 5.71. The molecule has 0 saturated carbocycles. The van der Waals surface area contributed by atoms with E-state index in [1.54, 1.807) is 0 Å². The predicted octanol–water partition coefficient (Wildman–Crippen LogP) is 2.47. The maximum atomic E-state index is 5.71. The quantitative estimate of drug-likeness (QED) is 0.543. The Morgan fingerprint density at radius 3 is 2.53 bits per heavy atom. The minimum absolute atomic E-state index is 0.241. The Kier molecular flexibility index (Phi) is 4.05. The van der Waals surface area contributed by atoms with E-state index in [1.165, 1.54) is 5.56 Å². The lowest BCUT2D eigenvalue weighted by molar-refractivity contribution is 0.338. The van der Waals surface area contributed by atoms with Gasteiger partial charge < -0.3 is 11.5 Å². The largest absolute Gasteiger partial charge is 0.398 e. The molecule has 0 aliphatic carbocycles. The Morgan fingerprint density at radius 1 is 1.33 bits per heavy atom. The molecule has 1 aromatic rings. The Bertz CT molecular complexity index is 334. The standard InChI is InChI=1S/C12H20N2S/c1-12(2,5-6-13)8-9-3-4-10(14)11(15)7-9/h3-4,7,15H,5-6,8,13-14H2,1-2H3. The van der Waals surface area contributed by atoms with E-state index in [9.17, 15) is 0 Å². The van der Waals surface area contributed by atoms with Crippen LogP contribution >= 0.6 is 12.6 Å². The molecule has 0 amide bonds. The molecule has 0 radical (unpaired) electrons. The van der Waals surface area contributed by atoms with Gasteiger partial charge >= 0.3 is 0 Å². The Labute approximate surface area is 97.5 Å². The molecule has 1 aromatic carbocycles. The summed E-state index contributed by atoms with van der Waals surface area (Å²) in [4.78, 5) is 0.857. The average Bonchev–Trinajstić information content (AvgIpc) is 2.10. The van der Waals surface area contributed by atoms with Gasteiger partial charge in [-0.3, -0.25) is 0 Å². The van der Waals surface area contributed by atoms with Crippen LogP contribution in [0, 0.1) is 5.41 Å². The minimum atomic E-state index is 0.241. The highest BCUT2D eigenvalue weighted by molar-refractivity contribution is 7.80. The van der Waals surface area contributed by atoms with Crippen molar-refractivity contribution in [2.75, 3.05) is 12.3 Å². The van der Waals surface area contributed by atoms with Gasteiger partial charge in [0.25, 0.3) is 0 Å². The van der Waals surface area contributed by atoms with E-state index in [-0.39, 0.29) is 5.41 Å². The highest BCUT2D eigenvalue weighted by Crippen LogP contribution is 2.27. The molecule has 1 rings (SSSR count). The lowest BCUT2D eigenvalue weighted by Crippen LogP contribution is -2.19. The van der Waals surface area contributed by atoms with Crippen LogP contribution < -0.4 is 11.5 Å². The molecule has 0 aliphatic rings. The zero-order valence-corrected chi connectivity index (χ0v) is 10.3. The van der Waals surface area contributed by atoms with Gasteiger partial charge in [0, 0.05) is 10.6 Å². The van der Waals surface area contributed by atoms with E-state index < -0.39 is 0 Å². The summed E-state index contributed by atoms with van der Waals surface area (Å²) in [5.74, 6) is 0. The number of nitrogen functional groups attached to an aromatic ring is 1. The third-order valence-corrected chi connectivity index (χ3v) is 2.99. The highest BCUT2D eigenvalue weighted by Gasteiger charge is 2.17. The fourth-order valence-electron chi connectivity index (χ4n) is 1.73. The first-order valence-corrected chi connectivity index (χ1v) is 5.67. The molecule has 3 heteroatoms. The summed E-state index contributed by atoms with van der Waals surface area (Å²) in [6.07, 6.45) is 2.04. The van der Waals surface area contributed by atoms with Gasteiger partial charge in [-0.25, -0.2) is 0 Å². The number of thiol groups is 1. The summed E-state index contributed by atoms with van der Waals surface area (Å²) in [6, 6.07) is 6.01. The second-order valence-corrected chi connectivity index (χ2v) is 5.25. The lowest BCUT2D eigenvalue weighted by atomic mass is 9.83. The van der Waals surface area contributed by atoms with E-state index in [0.29, 0.717) is 0 Å². The first kappa shape index (κ1) is 12.4. The molecule has 0 heterocycles. The summed E-state index contributed by atoms with van der Waals surface area (Å²) in [6.45, 7) is 5.19. The van der Waals surface area contributed by atoms with Gasteiger partial charge in [0.15, 0.2) is 0 Å². The molecule has 0 saturated heterocycles. The smallest absolute Gasteiger partial charge is 0.0449 e. The Morgan fingerprint density at radius 2 is 2.00 bits per heavy atom. The summed E-state index contributed by atoms with van der Waals surface area (Å²) in [7, 11) is 0. The maximum Gasteiger partial charge on any atom is 0.0449 e. The number of rotatable bonds is 4. The first-order chi connectivity index (χ1) is 6.94. The summed E-state index contributed by atoms with van der Waals surface area (Å²) in [5.41, 5.74) is 13.5. The van der Waals surface area contributed by atoms with E-state index in [4.69, 9.17) is 11.5 Å². The number of hydrogen-bond donors (Lipinski definition) is 3. The molecule has 0 atom stereocenters. The van der Waals surface area contributed by atoms with Crippen LogP contribution in [-0.4, -0.2) is 6.54 Å². The summed E-state index contributed by atoms with van der Waals surface area (Å²) in [5, 5.41) is 0. The Hall–Kier alpha value is -0.670. The van der Waals surface area contributed by atoms with Gasteiger partial charge in [-0.05, 0) is 42.5 Å². The van der Waals surface area contributed by atoms with Gasteiger partial charge in [-0.2, -0.15) is 0 Å². The fraction of sp³-hybridized carbons (Fsp3) is 0.500. The van der Waals surface area contributed by atoms with Crippen LogP contribution in [0.5, 0.6) is 0 Å². The van der Waals surface area contributed by atoms with Crippen LogP contribution in [0.1, 0.15) is 25.8 Å². The Balaban J connectivity index is 2.76. The lowest BCUT2D eigenvalue weighted by Gasteiger charge is -2.24. The molecule has 84 valence electrons. The molecule has 0 unspecified atom stereocenters. The molecule has 0 aliphatic heterocycles. The highest BCUT2D eigenvalue weighted by atomic mass is 32.1. The minimum Gasteiger partial charge on any atom is -0.398 e. The van der Waals surface area contributed by atoms with Crippen molar-refractivity contribution in [3.63, 3.8) is 0 Å². The molecule has 15 heavy (non-hydrogen) atoms. The second kappa shape index (κ2) is 4.90. The van der Waals surface area contributed by atoms with Crippen molar-refractivity contribution < 1.29 is 0 Å². The van der Waals surface area contributed by atoms with Crippen molar-refractivity contribution in [2.45, 2.75) is 31.6 Å². The molecule has 0 spiro atoms. The van der Waals surface area contributed by atoms with Crippen LogP contribution in [0.15, 0.2) is 23.1 Å². The van der Waals surface area contributed by atoms with E-state index in [2.05, 4.69) is 32.5 Å². The zero-order valence-electron chi connectivity index (χ0n) is 9.46. The third-order valence-electron chi connectivity index (χ3n) is 2.60. The van der Waals surface area contributed by atoms with Gasteiger partial charge in [-0.15, -0.1) is 12.6 Å². The molecule has 4 N–H and O–H groups in total. The van der Waals surface area contributed by atoms with Gasteiger partial charge in [0.1, 0.15) is 0 Å². The van der Waals surface area contributed by atoms with Gasteiger partial charge in [0.2, 0.25) is 0 Å². The molecule has 2 nitrogen and oxygen atoms in total. The topological polar surface area (TPSA) is 52.0 Å². The van der Waals surface area contributed by atoms with Crippen LogP contribution in [0.2, 0.25) is 0 Å². The number of nitrogens with two attached hydrogens (primary N) is 2. The van der Waals surface area contributed by atoms with Crippen molar-refractivity contribution in [3.8, 4) is 0 Å². The molecular formula is C12H20N2S. The molecule has 0 aromatic heterocycles. The summed E-state index contributed by atoms with van der Waals surface area (Å²) < 4.78 is 0. The van der Waals surface area contributed by atoms with Gasteiger partial charge in [0.05, 0.1) is 0 Å². The predicted molar refractivity (Wildman–Crippen MR) is 69.3 cm³/mol. The second-order valence-electron chi connectivity index (χ2n) is 4.77. The van der Waals surface area contributed by atoms with Crippen molar-refractivity contribution in [1.29, 1.82) is 0 Å². The first-order valence-electron chi connectivity index (χ1n) is 5.22. The van der Waals surface area contributed by atoms with Gasteiger partial charge in [-0.1, -0.05) is 19.9 Å². The molecule has 0 bridgehead atoms. The van der Waals surface area contributed by atoms with Crippen molar-refractivity contribution in [2.24, 2.45) is 11.1 Å². The number of hydrogen-bond acceptors (Lipinski definition) is 3. The summed E-state index contributed by atoms with van der Waals surface area (Å²) >= 11 is 4.32. The number of benzene rings is 1. The fourth-order valence-corrected chi connectivity index (χ4v) is 1.97. The monoisotopic (exact) mass is 224 g/mol. The van der Waals surface area contributed by atoms with E-state index in [1.807, 2.05) is 12.1 Å². The normalized spacial score (nSPS) is 11.7. The van der Waals surface area contributed by atoms with Crippen LogP contribution in [-0.2, 0) is 6.42 Å². The third kappa shape index (κ3) is 3.76. The average molecular weight is 224 g/mol. The van der Waals surface area contributed by atoms with Crippen molar-refractivity contribution in [1.82, 2.24) is 0 Å². The van der Waals surface area contributed by atoms with Crippen molar-refractivity contribution in [3.05, 3.63) is 23.8 Å². The molecular weight excluding hydrogens is 204 g/mol. The van der Waals surface area contributed by atoms with Crippen LogP contribution in [0.25, 0.3) is 0 Å². The SMILES string of the molecule is CC(C)(CCN)Cc1ccc(N)c(S)c1. The van der Waals surface area contributed by atoms with E-state index in [0.717, 1.165) is 30.0 Å².